The highest BCUT2D eigenvalue weighted by molar-refractivity contribution is 5.78. The van der Waals surface area contributed by atoms with Crippen molar-refractivity contribution in [1.29, 1.82) is 0 Å². The number of pyridine rings is 1. The molecule has 2 N–H and O–H groups in total. The van der Waals surface area contributed by atoms with E-state index in [1.165, 1.54) is 5.56 Å². The van der Waals surface area contributed by atoms with E-state index in [1.54, 1.807) is 25.4 Å². The standard InChI is InChI=1S/C16H18N2O/c1-11-9-13(4-3-12(2)19)5-6-14(11)15-10-18-8-7-16(15)17/h5-10H,3-4H2,1-2H3,(H2,17,18). The first-order valence-electron chi connectivity index (χ1n) is 6.37. The van der Waals surface area contributed by atoms with Gasteiger partial charge < -0.3 is 10.5 Å². The highest BCUT2D eigenvalue weighted by Gasteiger charge is 2.07. The first-order chi connectivity index (χ1) is 9.08. The van der Waals surface area contributed by atoms with Crippen LogP contribution in [0.1, 0.15) is 24.5 Å². The molecule has 0 bridgehead atoms. The molecule has 3 nitrogen and oxygen atoms in total. The minimum absolute atomic E-state index is 0.221. The maximum atomic E-state index is 11.0. The molecule has 0 atom stereocenters. The number of carbonyl (C=O) groups excluding carboxylic acids is 1. The molecule has 0 fully saturated rings. The Balaban J connectivity index is 2.30. The average molecular weight is 254 g/mol. The van der Waals surface area contributed by atoms with E-state index < -0.39 is 0 Å². The first kappa shape index (κ1) is 13.3. The van der Waals surface area contributed by atoms with Crippen LogP contribution in [0.5, 0.6) is 0 Å². The molecule has 0 saturated heterocycles. The largest absolute Gasteiger partial charge is 0.398 e. The number of benzene rings is 1. The highest BCUT2D eigenvalue weighted by Crippen LogP contribution is 2.28. The van der Waals surface area contributed by atoms with Gasteiger partial charge in [-0.05, 0) is 43.0 Å². The summed E-state index contributed by atoms with van der Waals surface area (Å²) in [4.78, 5) is 15.1. The topological polar surface area (TPSA) is 56.0 Å². The number of hydrogen-bond donors (Lipinski definition) is 1. The number of rotatable bonds is 4. The Hall–Kier alpha value is -2.16. The van der Waals surface area contributed by atoms with Crippen LogP contribution in [0, 0.1) is 6.92 Å². The van der Waals surface area contributed by atoms with Crippen LogP contribution >= 0.6 is 0 Å². The second-order valence-corrected chi connectivity index (χ2v) is 4.81. The smallest absolute Gasteiger partial charge is 0.130 e. The minimum Gasteiger partial charge on any atom is -0.398 e. The zero-order chi connectivity index (χ0) is 13.8. The SMILES string of the molecule is CC(=O)CCc1ccc(-c2cnccc2N)c(C)c1. The number of nitrogen functional groups attached to an aromatic ring is 1. The van der Waals surface area contributed by atoms with E-state index in [9.17, 15) is 4.79 Å². The van der Waals surface area contributed by atoms with E-state index in [0.29, 0.717) is 6.42 Å². The molecule has 0 amide bonds. The predicted octanol–water partition coefficient (Wildman–Crippen LogP) is 3.16. The number of hydrogen-bond acceptors (Lipinski definition) is 3. The number of ketones is 1. The van der Waals surface area contributed by atoms with Crippen molar-refractivity contribution in [3.05, 3.63) is 47.8 Å². The number of aromatic nitrogens is 1. The van der Waals surface area contributed by atoms with Gasteiger partial charge in [0.1, 0.15) is 5.78 Å². The van der Waals surface area contributed by atoms with Gasteiger partial charge in [0.2, 0.25) is 0 Å². The van der Waals surface area contributed by atoms with Crippen LogP contribution in [0.2, 0.25) is 0 Å². The van der Waals surface area contributed by atoms with Gasteiger partial charge in [0.25, 0.3) is 0 Å². The lowest BCUT2D eigenvalue weighted by atomic mass is 9.97. The summed E-state index contributed by atoms with van der Waals surface area (Å²) < 4.78 is 0. The number of carbonyl (C=O) groups is 1. The van der Waals surface area contributed by atoms with E-state index >= 15 is 0 Å². The lowest BCUT2D eigenvalue weighted by Crippen LogP contribution is -1.96. The van der Waals surface area contributed by atoms with Crippen LogP contribution < -0.4 is 5.73 Å². The molecular formula is C16H18N2O. The molecule has 0 aliphatic heterocycles. The van der Waals surface area contributed by atoms with Crippen molar-refractivity contribution in [1.82, 2.24) is 4.98 Å². The number of anilines is 1. The molecule has 3 heteroatoms. The monoisotopic (exact) mass is 254 g/mol. The zero-order valence-corrected chi connectivity index (χ0v) is 11.3. The van der Waals surface area contributed by atoms with Crippen molar-refractivity contribution in [2.75, 3.05) is 5.73 Å². The zero-order valence-electron chi connectivity index (χ0n) is 11.3. The normalized spacial score (nSPS) is 10.4. The van der Waals surface area contributed by atoms with Gasteiger partial charge in [0, 0.05) is 30.1 Å². The number of Topliss-reactive ketones (excluding diaryl/α,β-unsaturated/α-hetero) is 1. The van der Waals surface area contributed by atoms with Crippen LogP contribution in [0.3, 0.4) is 0 Å². The third kappa shape index (κ3) is 3.19. The number of nitrogens with two attached hydrogens (primary N) is 1. The molecule has 19 heavy (non-hydrogen) atoms. The Kier molecular flexibility index (Phi) is 3.95. The summed E-state index contributed by atoms with van der Waals surface area (Å²) in [6.45, 7) is 3.68. The maximum Gasteiger partial charge on any atom is 0.130 e. The maximum absolute atomic E-state index is 11.0. The highest BCUT2D eigenvalue weighted by atomic mass is 16.1. The van der Waals surface area contributed by atoms with E-state index in [1.807, 2.05) is 0 Å². The Morgan fingerprint density at radius 3 is 2.68 bits per heavy atom. The molecule has 0 radical (unpaired) electrons. The number of nitrogens with zero attached hydrogens (tertiary/aromatic N) is 1. The third-order valence-corrected chi connectivity index (χ3v) is 3.20. The molecule has 2 aromatic rings. The molecule has 1 aromatic heterocycles. The molecule has 98 valence electrons. The van der Waals surface area contributed by atoms with Crippen molar-refractivity contribution in [3.8, 4) is 11.1 Å². The quantitative estimate of drug-likeness (QED) is 0.911. The summed E-state index contributed by atoms with van der Waals surface area (Å²) in [6, 6.07) is 8.03. The third-order valence-electron chi connectivity index (χ3n) is 3.20. The predicted molar refractivity (Wildman–Crippen MR) is 77.8 cm³/mol. The van der Waals surface area contributed by atoms with Gasteiger partial charge in [-0.2, -0.15) is 0 Å². The fourth-order valence-electron chi connectivity index (χ4n) is 2.13. The number of aryl methyl sites for hydroxylation is 2. The van der Waals surface area contributed by atoms with Gasteiger partial charge in [0.05, 0.1) is 0 Å². The summed E-state index contributed by atoms with van der Waals surface area (Å²) in [5.74, 6) is 0.221. The van der Waals surface area contributed by atoms with Crippen molar-refractivity contribution < 1.29 is 4.79 Å². The second-order valence-electron chi connectivity index (χ2n) is 4.81. The van der Waals surface area contributed by atoms with Crippen LogP contribution in [-0.4, -0.2) is 10.8 Å². The summed E-state index contributed by atoms with van der Waals surface area (Å²) in [5.41, 5.74) is 11.1. The summed E-state index contributed by atoms with van der Waals surface area (Å²) in [7, 11) is 0. The lowest BCUT2D eigenvalue weighted by molar-refractivity contribution is -0.116. The van der Waals surface area contributed by atoms with Crippen molar-refractivity contribution in [2.24, 2.45) is 0 Å². The molecule has 0 aliphatic rings. The van der Waals surface area contributed by atoms with Crippen LogP contribution in [-0.2, 0) is 11.2 Å². The van der Waals surface area contributed by atoms with E-state index in [0.717, 1.165) is 28.8 Å². The molecule has 0 spiro atoms. The van der Waals surface area contributed by atoms with Gasteiger partial charge >= 0.3 is 0 Å². The van der Waals surface area contributed by atoms with Crippen molar-refractivity contribution >= 4 is 11.5 Å². The van der Waals surface area contributed by atoms with Gasteiger partial charge in [-0.25, -0.2) is 0 Å². The summed E-state index contributed by atoms with van der Waals surface area (Å²) in [6.07, 6.45) is 4.86. The molecule has 1 aromatic carbocycles. The molecule has 1 heterocycles. The van der Waals surface area contributed by atoms with Crippen LogP contribution in [0.4, 0.5) is 5.69 Å². The van der Waals surface area contributed by atoms with Crippen molar-refractivity contribution in [2.45, 2.75) is 26.7 Å². The molecule has 0 unspecified atom stereocenters. The fraction of sp³-hybridized carbons (Fsp3) is 0.250. The molecule has 0 saturated carbocycles. The Bertz CT molecular complexity index is 605. The summed E-state index contributed by atoms with van der Waals surface area (Å²) in [5, 5.41) is 0. The summed E-state index contributed by atoms with van der Waals surface area (Å²) >= 11 is 0. The van der Waals surface area contributed by atoms with Crippen molar-refractivity contribution in [3.63, 3.8) is 0 Å². The van der Waals surface area contributed by atoms with Crippen LogP contribution in [0.15, 0.2) is 36.7 Å². The van der Waals surface area contributed by atoms with Gasteiger partial charge in [-0.15, -0.1) is 0 Å². The van der Waals surface area contributed by atoms with E-state index in [-0.39, 0.29) is 5.78 Å². The molecular weight excluding hydrogens is 236 g/mol. The van der Waals surface area contributed by atoms with Crippen LogP contribution in [0.25, 0.3) is 11.1 Å². The lowest BCUT2D eigenvalue weighted by Gasteiger charge is -2.10. The Morgan fingerprint density at radius 2 is 2.05 bits per heavy atom. The molecule has 0 aliphatic carbocycles. The van der Waals surface area contributed by atoms with Gasteiger partial charge in [0.15, 0.2) is 0 Å². The van der Waals surface area contributed by atoms with Gasteiger partial charge in [-0.3, -0.25) is 4.98 Å². The minimum atomic E-state index is 0.221. The van der Waals surface area contributed by atoms with E-state index in [4.69, 9.17) is 5.73 Å². The average Bonchev–Trinajstić information content (AvgIpc) is 2.38. The Morgan fingerprint density at radius 1 is 1.26 bits per heavy atom. The fourth-order valence-corrected chi connectivity index (χ4v) is 2.13. The van der Waals surface area contributed by atoms with Gasteiger partial charge in [-0.1, -0.05) is 18.2 Å². The Labute approximate surface area is 113 Å². The van der Waals surface area contributed by atoms with E-state index in [2.05, 4.69) is 30.1 Å². The first-order valence-corrected chi connectivity index (χ1v) is 6.37. The second kappa shape index (κ2) is 5.65. The molecule has 2 rings (SSSR count).